The minimum Gasteiger partial charge on any atom is -0.478 e. The lowest BCUT2D eigenvalue weighted by Gasteiger charge is -2.04. The van der Waals surface area contributed by atoms with Crippen LogP contribution in [0.5, 0.6) is 0 Å². The molecule has 0 amide bonds. The second kappa shape index (κ2) is 3.47. The van der Waals surface area contributed by atoms with Crippen molar-refractivity contribution in [2.24, 2.45) is 0 Å². The first-order chi connectivity index (χ1) is 5.95. The summed E-state index contributed by atoms with van der Waals surface area (Å²) in [6.07, 6.45) is 0. The highest BCUT2D eigenvalue weighted by molar-refractivity contribution is 6.34. The van der Waals surface area contributed by atoms with E-state index >= 15 is 0 Å². The number of carboxylic acid groups (broad SMARTS) is 1. The lowest BCUT2D eigenvalue weighted by Crippen LogP contribution is -2.05. The maximum atomic E-state index is 13.0. The van der Waals surface area contributed by atoms with Crippen molar-refractivity contribution in [1.82, 2.24) is 4.98 Å². The fourth-order valence-electron chi connectivity index (χ4n) is 0.859. The van der Waals surface area contributed by atoms with Crippen molar-refractivity contribution < 1.29 is 14.3 Å². The third kappa shape index (κ3) is 1.73. The van der Waals surface area contributed by atoms with Gasteiger partial charge in [-0.1, -0.05) is 23.2 Å². The van der Waals surface area contributed by atoms with Gasteiger partial charge in [-0.3, -0.25) is 0 Å². The van der Waals surface area contributed by atoms with E-state index in [1.54, 1.807) is 0 Å². The van der Waals surface area contributed by atoms with Crippen LogP contribution in [-0.2, 0) is 0 Å². The third-order valence-corrected chi connectivity index (χ3v) is 2.03. The van der Waals surface area contributed by atoms with E-state index in [1.807, 2.05) is 0 Å². The van der Waals surface area contributed by atoms with E-state index in [4.69, 9.17) is 28.3 Å². The molecule has 0 aliphatic heterocycles. The zero-order valence-electron chi connectivity index (χ0n) is 6.44. The van der Waals surface area contributed by atoms with Crippen molar-refractivity contribution in [3.05, 3.63) is 27.3 Å². The van der Waals surface area contributed by atoms with Gasteiger partial charge in [0.2, 0.25) is 0 Å². The van der Waals surface area contributed by atoms with Crippen LogP contribution < -0.4 is 0 Å². The molecule has 0 bridgehead atoms. The zero-order valence-corrected chi connectivity index (χ0v) is 7.95. The number of carbonyl (C=O) groups is 1. The van der Waals surface area contributed by atoms with Gasteiger partial charge in [0.05, 0.1) is 0 Å². The van der Waals surface area contributed by atoms with Crippen LogP contribution in [0.15, 0.2) is 0 Å². The van der Waals surface area contributed by atoms with Crippen molar-refractivity contribution in [2.75, 3.05) is 0 Å². The summed E-state index contributed by atoms with van der Waals surface area (Å²) in [6, 6.07) is 0. The standard InChI is InChI=1S/C7H4Cl2FNO2/c1-2-3(7(12)13)5(8)11-6(9)4(2)10/h1H3,(H,12,13). The summed E-state index contributed by atoms with van der Waals surface area (Å²) in [7, 11) is 0. The molecule has 1 rings (SSSR count). The number of halogens is 3. The van der Waals surface area contributed by atoms with Crippen molar-refractivity contribution >= 4 is 29.2 Å². The average molecular weight is 224 g/mol. The van der Waals surface area contributed by atoms with E-state index in [0.717, 1.165) is 0 Å². The number of aromatic nitrogens is 1. The molecule has 1 aromatic rings. The molecule has 1 N–H and O–H groups in total. The van der Waals surface area contributed by atoms with Gasteiger partial charge in [-0.15, -0.1) is 0 Å². The number of pyridine rings is 1. The Kier molecular flexibility index (Phi) is 2.73. The Morgan fingerprint density at radius 2 is 2.00 bits per heavy atom. The number of nitrogens with zero attached hydrogens (tertiary/aromatic N) is 1. The lowest BCUT2D eigenvalue weighted by molar-refractivity contribution is 0.0695. The van der Waals surface area contributed by atoms with Gasteiger partial charge in [0.1, 0.15) is 10.7 Å². The second-order valence-corrected chi connectivity index (χ2v) is 3.03. The predicted octanol–water partition coefficient (Wildman–Crippen LogP) is 2.53. The number of rotatable bonds is 1. The molecule has 0 radical (unpaired) electrons. The van der Waals surface area contributed by atoms with E-state index < -0.39 is 16.9 Å². The van der Waals surface area contributed by atoms with Gasteiger partial charge in [0.25, 0.3) is 0 Å². The van der Waals surface area contributed by atoms with Gasteiger partial charge in [-0.25, -0.2) is 14.2 Å². The van der Waals surface area contributed by atoms with Crippen LogP contribution in [0.25, 0.3) is 0 Å². The number of hydrogen-bond acceptors (Lipinski definition) is 2. The molecule has 0 fully saturated rings. The molecule has 0 atom stereocenters. The summed E-state index contributed by atoms with van der Waals surface area (Å²) in [5.74, 6) is -2.19. The molecule has 0 aliphatic rings. The molecule has 0 unspecified atom stereocenters. The fourth-order valence-corrected chi connectivity index (χ4v) is 1.44. The van der Waals surface area contributed by atoms with Gasteiger partial charge in [-0.05, 0) is 6.92 Å². The van der Waals surface area contributed by atoms with E-state index in [1.165, 1.54) is 6.92 Å². The molecular weight excluding hydrogens is 220 g/mol. The highest BCUT2D eigenvalue weighted by atomic mass is 35.5. The lowest BCUT2D eigenvalue weighted by atomic mass is 10.1. The van der Waals surface area contributed by atoms with Crippen molar-refractivity contribution in [2.45, 2.75) is 6.92 Å². The largest absolute Gasteiger partial charge is 0.478 e. The molecular formula is C7H4Cl2FNO2. The van der Waals surface area contributed by atoms with Gasteiger partial charge >= 0.3 is 5.97 Å². The van der Waals surface area contributed by atoms with Crippen molar-refractivity contribution in [1.29, 1.82) is 0 Å². The molecule has 3 nitrogen and oxygen atoms in total. The van der Waals surface area contributed by atoms with Gasteiger partial charge in [-0.2, -0.15) is 0 Å². The van der Waals surface area contributed by atoms with E-state index in [9.17, 15) is 9.18 Å². The highest BCUT2D eigenvalue weighted by Crippen LogP contribution is 2.24. The van der Waals surface area contributed by atoms with Crippen LogP contribution in [0.3, 0.4) is 0 Å². The maximum Gasteiger partial charge on any atom is 0.339 e. The van der Waals surface area contributed by atoms with Gasteiger partial charge in [0.15, 0.2) is 11.0 Å². The Morgan fingerprint density at radius 1 is 1.46 bits per heavy atom. The summed E-state index contributed by atoms with van der Waals surface area (Å²) < 4.78 is 13.0. The smallest absolute Gasteiger partial charge is 0.339 e. The van der Waals surface area contributed by atoms with E-state index in [-0.39, 0.29) is 16.3 Å². The first-order valence-corrected chi connectivity index (χ1v) is 3.95. The Bertz CT molecular complexity index is 381. The molecule has 1 aromatic heterocycles. The summed E-state index contributed by atoms with van der Waals surface area (Å²) >= 11 is 10.8. The molecule has 0 saturated carbocycles. The van der Waals surface area contributed by atoms with Gasteiger partial charge in [0, 0.05) is 5.56 Å². The molecule has 70 valence electrons. The molecule has 0 spiro atoms. The van der Waals surface area contributed by atoms with E-state index in [2.05, 4.69) is 4.98 Å². The Morgan fingerprint density at radius 3 is 2.46 bits per heavy atom. The molecule has 0 aliphatic carbocycles. The Labute approximate surface area is 83.1 Å². The molecule has 0 aromatic carbocycles. The van der Waals surface area contributed by atoms with Gasteiger partial charge < -0.3 is 5.11 Å². The highest BCUT2D eigenvalue weighted by Gasteiger charge is 2.19. The average Bonchev–Trinajstić information content (AvgIpc) is 1.99. The molecule has 1 heterocycles. The predicted molar refractivity (Wildman–Crippen MR) is 45.9 cm³/mol. The van der Waals surface area contributed by atoms with E-state index in [0.29, 0.717) is 0 Å². The molecule has 0 saturated heterocycles. The quantitative estimate of drug-likeness (QED) is 0.745. The first-order valence-electron chi connectivity index (χ1n) is 3.19. The van der Waals surface area contributed by atoms with Crippen LogP contribution in [0.4, 0.5) is 4.39 Å². The normalized spacial score (nSPS) is 10.2. The van der Waals surface area contributed by atoms with Crippen molar-refractivity contribution in [3.63, 3.8) is 0 Å². The summed E-state index contributed by atoms with van der Waals surface area (Å²) in [5, 5.41) is 7.90. The van der Waals surface area contributed by atoms with Crippen LogP contribution in [0.2, 0.25) is 10.3 Å². The van der Waals surface area contributed by atoms with Crippen LogP contribution >= 0.6 is 23.2 Å². The fraction of sp³-hybridized carbons (Fsp3) is 0.143. The minimum absolute atomic E-state index is 0.113. The molecule has 6 heteroatoms. The third-order valence-electron chi connectivity index (χ3n) is 1.50. The van der Waals surface area contributed by atoms with Crippen LogP contribution in [-0.4, -0.2) is 16.1 Å². The number of aromatic carboxylic acids is 1. The van der Waals surface area contributed by atoms with Crippen LogP contribution in [0.1, 0.15) is 15.9 Å². The minimum atomic E-state index is -1.33. The number of carboxylic acids is 1. The van der Waals surface area contributed by atoms with Crippen molar-refractivity contribution in [3.8, 4) is 0 Å². The second-order valence-electron chi connectivity index (χ2n) is 2.31. The summed E-state index contributed by atoms with van der Waals surface area (Å²) in [5.41, 5.74) is -0.471. The first kappa shape index (κ1) is 10.2. The molecule has 13 heavy (non-hydrogen) atoms. The Hall–Kier alpha value is -0.870. The monoisotopic (exact) mass is 223 g/mol. The SMILES string of the molecule is Cc1c(F)c(Cl)nc(Cl)c1C(=O)O. The van der Waals surface area contributed by atoms with Crippen LogP contribution in [0, 0.1) is 12.7 Å². The Balaban J connectivity index is 3.53. The summed E-state index contributed by atoms with van der Waals surface area (Å²) in [4.78, 5) is 13.9. The zero-order chi connectivity index (χ0) is 10.2. The summed E-state index contributed by atoms with van der Waals surface area (Å²) in [6.45, 7) is 1.28. The number of hydrogen-bond donors (Lipinski definition) is 1. The maximum absolute atomic E-state index is 13.0. The topological polar surface area (TPSA) is 50.2 Å².